The minimum absolute atomic E-state index is 0.0118. The second-order valence-corrected chi connectivity index (χ2v) is 6.79. The van der Waals surface area contributed by atoms with Gasteiger partial charge in [-0.1, -0.05) is 0 Å². The van der Waals surface area contributed by atoms with Gasteiger partial charge in [-0.25, -0.2) is 23.7 Å². The number of methoxy groups -OCH3 is 3. The highest BCUT2D eigenvalue weighted by atomic mass is 19.1. The van der Waals surface area contributed by atoms with Gasteiger partial charge in [0.05, 0.1) is 44.8 Å². The highest BCUT2D eigenvalue weighted by Crippen LogP contribution is 2.39. The Hall–Kier alpha value is -3.86. The molecule has 11 heteroatoms. The molecule has 166 valence electrons. The van der Waals surface area contributed by atoms with Crippen molar-refractivity contribution in [2.24, 2.45) is 0 Å². The lowest BCUT2D eigenvalue weighted by Crippen LogP contribution is -2.04. The summed E-state index contributed by atoms with van der Waals surface area (Å²) < 4.78 is 47.1. The number of pyridine rings is 1. The van der Waals surface area contributed by atoms with Crippen molar-refractivity contribution in [2.75, 3.05) is 33.7 Å². The molecule has 0 radical (unpaired) electrons. The van der Waals surface area contributed by atoms with E-state index in [1.807, 2.05) is 0 Å². The first kappa shape index (κ1) is 21.4. The van der Waals surface area contributed by atoms with Crippen molar-refractivity contribution in [3.05, 3.63) is 42.4 Å². The van der Waals surface area contributed by atoms with Gasteiger partial charge in [0.2, 0.25) is 5.95 Å². The number of nitrogens with two attached hydrogens (primary N) is 1. The molecule has 0 aliphatic heterocycles. The van der Waals surface area contributed by atoms with Crippen LogP contribution >= 0.6 is 0 Å². The largest absolute Gasteiger partial charge is 0.494 e. The van der Waals surface area contributed by atoms with Crippen LogP contribution in [0.5, 0.6) is 11.5 Å². The molecule has 1 aromatic carbocycles. The van der Waals surface area contributed by atoms with E-state index in [4.69, 9.17) is 19.9 Å². The number of anilines is 1. The predicted octanol–water partition coefficient (Wildman–Crippen LogP) is 3.08. The lowest BCUT2D eigenvalue weighted by molar-refractivity contribution is 0.183. The van der Waals surface area contributed by atoms with Gasteiger partial charge < -0.3 is 19.9 Å². The Morgan fingerprint density at radius 3 is 2.38 bits per heavy atom. The molecule has 0 atom stereocenters. The van der Waals surface area contributed by atoms with Crippen LogP contribution in [-0.4, -0.2) is 52.7 Å². The lowest BCUT2D eigenvalue weighted by Gasteiger charge is -2.14. The molecule has 0 unspecified atom stereocenters. The second-order valence-electron chi connectivity index (χ2n) is 6.79. The number of hydrogen-bond acceptors (Lipinski definition) is 8. The Morgan fingerprint density at radius 2 is 1.72 bits per heavy atom. The summed E-state index contributed by atoms with van der Waals surface area (Å²) in [6.07, 6.45) is 4.79. The number of benzene rings is 1. The van der Waals surface area contributed by atoms with Gasteiger partial charge in [0.15, 0.2) is 23.1 Å². The van der Waals surface area contributed by atoms with Crippen molar-refractivity contribution in [2.45, 2.75) is 6.54 Å². The standard InChI is InChI=1S/C21H20F2N6O3/c1-30-5-4-29-10-12(9-26-29)20-19-11(8-25-21(24)28-19)6-13(27-20)16-17(22)14(31-2)7-15(32-3)18(16)23/h6-10H,4-5H2,1-3H3,(H2,24,25,28). The molecule has 2 N–H and O–H groups in total. The Labute approximate surface area is 181 Å². The third-order valence-corrected chi connectivity index (χ3v) is 4.85. The Kier molecular flexibility index (Phi) is 5.82. The van der Waals surface area contributed by atoms with Crippen LogP contribution in [0.4, 0.5) is 14.7 Å². The number of rotatable bonds is 7. The van der Waals surface area contributed by atoms with Crippen LogP contribution < -0.4 is 15.2 Å². The number of hydrogen-bond donors (Lipinski definition) is 1. The SMILES string of the molecule is COCCn1cc(-c2nc(-c3c(F)c(OC)cc(OC)c3F)cc3cnc(N)nc23)cn1. The van der Waals surface area contributed by atoms with Crippen molar-refractivity contribution in [1.82, 2.24) is 24.7 Å². The summed E-state index contributed by atoms with van der Waals surface area (Å²) in [5.41, 5.74) is 6.74. The summed E-state index contributed by atoms with van der Waals surface area (Å²) in [6, 6.07) is 2.62. The molecule has 0 amide bonds. The van der Waals surface area contributed by atoms with Crippen molar-refractivity contribution in [3.63, 3.8) is 0 Å². The summed E-state index contributed by atoms with van der Waals surface area (Å²) in [5, 5.41) is 4.78. The molecule has 4 aromatic rings. The Morgan fingerprint density at radius 1 is 1.00 bits per heavy atom. The third kappa shape index (κ3) is 3.78. The minimum atomic E-state index is -0.907. The van der Waals surface area contributed by atoms with Gasteiger partial charge in [0, 0.05) is 36.5 Å². The maximum absolute atomic E-state index is 15.1. The fourth-order valence-corrected chi connectivity index (χ4v) is 3.29. The molecule has 4 rings (SSSR count). The minimum Gasteiger partial charge on any atom is -0.494 e. The average Bonchev–Trinajstić information content (AvgIpc) is 3.26. The molecule has 32 heavy (non-hydrogen) atoms. The van der Waals surface area contributed by atoms with E-state index in [1.54, 1.807) is 24.2 Å². The zero-order chi connectivity index (χ0) is 22.8. The molecule has 9 nitrogen and oxygen atoms in total. The van der Waals surface area contributed by atoms with E-state index in [0.29, 0.717) is 35.3 Å². The molecule has 3 aromatic heterocycles. The number of nitrogens with zero attached hydrogens (tertiary/aromatic N) is 5. The fourth-order valence-electron chi connectivity index (χ4n) is 3.29. The van der Waals surface area contributed by atoms with Gasteiger partial charge in [-0.2, -0.15) is 5.10 Å². The molecule has 0 fully saturated rings. The molecular formula is C21H20F2N6O3. The van der Waals surface area contributed by atoms with Crippen molar-refractivity contribution in [1.29, 1.82) is 0 Å². The van der Waals surface area contributed by atoms with Crippen molar-refractivity contribution < 1.29 is 23.0 Å². The van der Waals surface area contributed by atoms with Crippen LogP contribution in [0.3, 0.4) is 0 Å². The zero-order valence-corrected chi connectivity index (χ0v) is 17.6. The lowest BCUT2D eigenvalue weighted by atomic mass is 10.0. The number of fused-ring (bicyclic) bond motifs is 1. The summed E-state index contributed by atoms with van der Waals surface area (Å²) >= 11 is 0. The fraction of sp³-hybridized carbons (Fsp3) is 0.238. The quantitative estimate of drug-likeness (QED) is 0.465. The van der Waals surface area contributed by atoms with Crippen LogP contribution in [0, 0.1) is 11.6 Å². The third-order valence-electron chi connectivity index (χ3n) is 4.85. The van der Waals surface area contributed by atoms with E-state index >= 15 is 8.78 Å². The van der Waals surface area contributed by atoms with Crippen molar-refractivity contribution >= 4 is 16.9 Å². The second kappa shape index (κ2) is 8.71. The van der Waals surface area contributed by atoms with E-state index < -0.39 is 17.2 Å². The van der Waals surface area contributed by atoms with Crippen LogP contribution in [-0.2, 0) is 11.3 Å². The first-order chi connectivity index (χ1) is 15.5. The zero-order valence-electron chi connectivity index (χ0n) is 17.6. The van der Waals surface area contributed by atoms with E-state index in [1.165, 1.54) is 26.5 Å². The van der Waals surface area contributed by atoms with Crippen LogP contribution in [0.15, 0.2) is 30.7 Å². The van der Waals surface area contributed by atoms with Crippen LogP contribution in [0.1, 0.15) is 0 Å². The number of aromatic nitrogens is 5. The molecule has 0 saturated carbocycles. The summed E-state index contributed by atoms with van der Waals surface area (Å²) in [5.74, 6) is -2.13. The smallest absolute Gasteiger partial charge is 0.220 e. The Balaban J connectivity index is 1.98. The predicted molar refractivity (Wildman–Crippen MR) is 113 cm³/mol. The van der Waals surface area contributed by atoms with Crippen LogP contribution in [0.25, 0.3) is 33.4 Å². The van der Waals surface area contributed by atoms with Gasteiger partial charge in [0.25, 0.3) is 0 Å². The molecule has 3 heterocycles. The Bertz CT molecular complexity index is 1270. The first-order valence-corrected chi connectivity index (χ1v) is 9.52. The number of halogens is 2. The normalized spacial score (nSPS) is 11.2. The van der Waals surface area contributed by atoms with E-state index in [0.717, 1.165) is 6.07 Å². The molecular weight excluding hydrogens is 422 g/mol. The highest BCUT2D eigenvalue weighted by molar-refractivity contribution is 5.94. The van der Waals surface area contributed by atoms with Gasteiger partial charge in [-0.15, -0.1) is 0 Å². The highest BCUT2D eigenvalue weighted by Gasteiger charge is 2.24. The van der Waals surface area contributed by atoms with Gasteiger partial charge in [0.1, 0.15) is 11.2 Å². The topological polar surface area (TPSA) is 110 Å². The van der Waals surface area contributed by atoms with Gasteiger partial charge >= 0.3 is 0 Å². The van der Waals surface area contributed by atoms with Crippen LogP contribution in [0.2, 0.25) is 0 Å². The average molecular weight is 442 g/mol. The summed E-state index contributed by atoms with van der Waals surface area (Å²) in [6.45, 7) is 0.978. The van der Waals surface area contributed by atoms with E-state index in [2.05, 4.69) is 20.1 Å². The number of ether oxygens (including phenoxy) is 3. The van der Waals surface area contributed by atoms with Gasteiger partial charge in [-0.3, -0.25) is 4.68 Å². The van der Waals surface area contributed by atoms with Crippen molar-refractivity contribution in [3.8, 4) is 34.0 Å². The summed E-state index contributed by atoms with van der Waals surface area (Å²) in [4.78, 5) is 12.8. The molecule has 0 aliphatic carbocycles. The maximum atomic E-state index is 15.1. The van der Waals surface area contributed by atoms with E-state index in [9.17, 15) is 0 Å². The molecule has 0 bridgehead atoms. The molecule has 0 aliphatic rings. The van der Waals surface area contributed by atoms with E-state index in [-0.39, 0.29) is 23.1 Å². The first-order valence-electron chi connectivity index (χ1n) is 9.52. The monoisotopic (exact) mass is 442 g/mol. The molecule has 0 spiro atoms. The number of nitrogen functional groups attached to an aromatic ring is 1. The maximum Gasteiger partial charge on any atom is 0.220 e. The summed E-state index contributed by atoms with van der Waals surface area (Å²) in [7, 11) is 4.15. The molecule has 0 saturated heterocycles. The van der Waals surface area contributed by atoms with Gasteiger partial charge in [-0.05, 0) is 6.07 Å².